The van der Waals surface area contributed by atoms with Crippen LogP contribution in [0.5, 0.6) is 0 Å². The van der Waals surface area contributed by atoms with Gasteiger partial charge in [-0.1, -0.05) is 71.6 Å². The van der Waals surface area contributed by atoms with Crippen LogP contribution >= 0.6 is 0 Å². The van der Waals surface area contributed by atoms with Crippen LogP contribution in [0.2, 0.25) is 0 Å². The number of aliphatic hydroxyl groups excluding tert-OH is 8. The van der Waals surface area contributed by atoms with Crippen LogP contribution < -0.4 is 21.7 Å². The van der Waals surface area contributed by atoms with Gasteiger partial charge in [-0.25, -0.2) is 14.4 Å². The first-order chi connectivity index (χ1) is 32.4. The summed E-state index contributed by atoms with van der Waals surface area (Å²) in [5, 5.41) is 136. The van der Waals surface area contributed by atoms with Gasteiger partial charge >= 0.3 is 17.9 Å². The zero-order chi connectivity index (χ0) is 52.3. The number of rotatable bonds is 34. The lowest BCUT2D eigenvalue weighted by atomic mass is 9.88. The number of ether oxygens (including phenoxy) is 5. The first-order valence-corrected chi connectivity index (χ1v) is 23.5. The minimum atomic E-state index is -3.33. The Morgan fingerprint density at radius 2 is 1.32 bits per heavy atom. The normalized spacial score (nSPS) is 29.1. The summed E-state index contributed by atoms with van der Waals surface area (Å²) in [6.07, 6.45) is -14.9. The molecule has 26 nitrogen and oxygen atoms in total. The summed E-state index contributed by atoms with van der Waals surface area (Å²) in [6.45, 7) is 3.22. The van der Waals surface area contributed by atoms with Crippen LogP contribution in [-0.2, 0) is 47.7 Å². The highest BCUT2D eigenvalue weighted by molar-refractivity contribution is 5.78. The molecule has 0 aliphatic carbocycles. The summed E-state index contributed by atoms with van der Waals surface area (Å²) in [4.78, 5) is 62.4. The molecule has 0 aromatic heterocycles. The molecule has 402 valence electrons. The Morgan fingerprint density at radius 3 is 1.81 bits per heavy atom. The fourth-order valence-electron chi connectivity index (χ4n) is 8.31. The van der Waals surface area contributed by atoms with Crippen LogP contribution in [0.1, 0.15) is 118 Å². The average Bonchev–Trinajstić information content (AvgIpc) is 3.28. The number of aliphatic hydroxyl groups is 9. The van der Waals surface area contributed by atoms with Crippen LogP contribution in [0, 0.1) is 0 Å². The van der Waals surface area contributed by atoms with Gasteiger partial charge in [0.2, 0.25) is 11.8 Å². The molecule has 2 aliphatic rings. The highest BCUT2D eigenvalue weighted by atomic mass is 16.8. The van der Waals surface area contributed by atoms with E-state index in [0.29, 0.717) is 6.54 Å². The van der Waals surface area contributed by atoms with Crippen molar-refractivity contribution in [2.45, 2.75) is 214 Å². The highest BCUT2D eigenvalue weighted by Gasteiger charge is 2.58. The summed E-state index contributed by atoms with van der Waals surface area (Å²) in [7, 11) is 0. The number of hydrogen-bond donors (Lipinski definition) is 16. The van der Waals surface area contributed by atoms with Crippen LogP contribution in [0.15, 0.2) is 0 Å². The summed E-state index contributed by atoms with van der Waals surface area (Å²) >= 11 is 0. The molecular formula is C43H78N4O22. The van der Waals surface area contributed by atoms with E-state index in [4.69, 9.17) is 29.4 Å². The second-order valence-corrected chi connectivity index (χ2v) is 17.8. The zero-order valence-corrected chi connectivity index (χ0v) is 39.8. The van der Waals surface area contributed by atoms with Gasteiger partial charge in [-0.2, -0.15) is 0 Å². The van der Waals surface area contributed by atoms with E-state index < -0.39 is 159 Å². The van der Waals surface area contributed by atoms with Crippen LogP contribution in [0.25, 0.3) is 0 Å². The summed E-state index contributed by atoms with van der Waals surface area (Å²) in [5.41, 5.74) is 5.53. The topological polar surface area (TPSA) is 436 Å². The van der Waals surface area contributed by atoms with Crippen molar-refractivity contribution in [3.63, 3.8) is 0 Å². The number of nitrogens with two attached hydrogens (primary N) is 1. The molecule has 17 N–H and O–H groups in total. The van der Waals surface area contributed by atoms with Gasteiger partial charge in [-0.05, 0) is 19.9 Å². The lowest BCUT2D eigenvalue weighted by Crippen LogP contribution is -2.68. The number of aliphatic carboxylic acids is 3. The molecule has 2 rings (SSSR count). The van der Waals surface area contributed by atoms with Crippen molar-refractivity contribution in [1.82, 2.24) is 16.0 Å². The predicted octanol–water partition coefficient (Wildman–Crippen LogP) is -3.56. The summed E-state index contributed by atoms with van der Waals surface area (Å²) < 4.78 is 27.9. The molecule has 0 bridgehead atoms. The second kappa shape index (κ2) is 29.3. The van der Waals surface area contributed by atoms with Crippen LogP contribution in [-0.4, -0.2) is 214 Å². The quantitative estimate of drug-likeness (QED) is 0.0219. The van der Waals surface area contributed by atoms with E-state index >= 15 is 0 Å². The van der Waals surface area contributed by atoms with Crippen molar-refractivity contribution in [2.75, 3.05) is 26.3 Å². The van der Waals surface area contributed by atoms with Crippen LogP contribution in [0.3, 0.4) is 0 Å². The van der Waals surface area contributed by atoms with Crippen molar-refractivity contribution in [1.29, 1.82) is 0 Å². The predicted molar refractivity (Wildman–Crippen MR) is 236 cm³/mol. The number of carbonyl (C=O) groups is 5. The van der Waals surface area contributed by atoms with Gasteiger partial charge in [0.1, 0.15) is 42.9 Å². The van der Waals surface area contributed by atoms with E-state index in [1.54, 1.807) is 0 Å². The average molecular weight is 1000 g/mol. The largest absolute Gasteiger partial charge is 0.477 e. The summed E-state index contributed by atoms with van der Waals surface area (Å²) in [6, 6.07) is -3.10. The van der Waals surface area contributed by atoms with Gasteiger partial charge in [0.05, 0.1) is 56.1 Å². The van der Waals surface area contributed by atoms with Crippen molar-refractivity contribution in [3.8, 4) is 0 Å². The number of hydrogen-bond acceptors (Lipinski definition) is 21. The number of amides is 2. The standard InChI is InChI=1S/C43H78N4O22/c1-5-7-8-9-10-11-12-13-14-15-16-45-20-27(53)36-32(47-31(55)6-2)26(52)18-42(69-36,39(60)61)66-28(21-48)34(56)23(3)65-43(40(62)63,19-30(44)54)67-29(22-49)35(57)37-33(46-24(4)50)25(51)17-41(64,68-37)38(58)59/h23,25-30,32-37,45,48-49,51-54,56-57,64H,5-22,44H2,1-4H3,(H,46,50)(H,47,55)(H,58,59)(H,60,61)(H,62,63). The monoisotopic (exact) mass is 1000 g/mol. The highest BCUT2D eigenvalue weighted by Crippen LogP contribution is 2.37. The van der Waals surface area contributed by atoms with Crippen molar-refractivity contribution in [3.05, 3.63) is 0 Å². The second-order valence-electron chi connectivity index (χ2n) is 17.8. The Hall–Kier alpha value is -3.29. The Balaban J connectivity index is 2.38. The summed E-state index contributed by atoms with van der Waals surface area (Å²) in [5.74, 6) is -17.0. The third kappa shape index (κ3) is 18.1. The molecule has 0 radical (unpaired) electrons. The van der Waals surface area contributed by atoms with Crippen molar-refractivity contribution < 1.29 is 109 Å². The zero-order valence-electron chi connectivity index (χ0n) is 39.8. The Morgan fingerprint density at radius 1 is 0.768 bits per heavy atom. The lowest BCUT2D eigenvalue weighted by molar-refractivity contribution is -0.342. The molecule has 0 aromatic rings. The third-order valence-electron chi connectivity index (χ3n) is 12.1. The van der Waals surface area contributed by atoms with Gasteiger partial charge in [-0.15, -0.1) is 0 Å². The maximum absolute atomic E-state index is 13.0. The van der Waals surface area contributed by atoms with Gasteiger partial charge in [0, 0.05) is 32.7 Å². The Bertz CT molecular complexity index is 1600. The minimum Gasteiger partial charge on any atom is -0.477 e. The molecule has 2 aliphatic heterocycles. The molecule has 2 fully saturated rings. The smallest absolute Gasteiger partial charge is 0.364 e. The molecule has 69 heavy (non-hydrogen) atoms. The van der Waals surface area contributed by atoms with E-state index in [1.807, 2.05) is 0 Å². The molecular weight excluding hydrogens is 924 g/mol. The number of carboxylic acid groups (broad SMARTS) is 3. The number of nitrogens with one attached hydrogen (secondary N) is 3. The van der Waals surface area contributed by atoms with E-state index in [9.17, 15) is 85.3 Å². The molecule has 0 aromatic carbocycles. The molecule has 2 heterocycles. The fourth-order valence-corrected chi connectivity index (χ4v) is 8.31. The SMILES string of the molecule is CCCCCCCCCCCCNCC(O)C1OC(OC(CO)C(O)C(C)OC(CC(N)O)(OC(CO)C(O)C2OC(O)(C(=O)O)CC(O)C2NC(C)=O)C(=O)O)(C(=O)O)CC(O)C1NC(=O)CC. The van der Waals surface area contributed by atoms with Gasteiger partial charge in [0.25, 0.3) is 17.4 Å². The maximum Gasteiger partial charge on any atom is 0.364 e. The fraction of sp³-hybridized carbons (Fsp3) is 0.884. The number of unbranched alkanes of at least 4 members (excludes halogenated alkanes) is 9. The van der Waals surface area contributed by atoms with Crippen LogP contribution in [0.4, 0.5) is 0 Å². The van der Waals surface area contributed by atoms with E-state index in [1.165, 1.54) is 39.0 Å². The van der Waals surface area contributed by atoms with Gasteiger partial charge in [0.15, 0.2) is 0 Å². The first-order valence-electron chi connectivity index (χ1n) is 23.5. The Kier molecular flexibility index (Phi) is 26.2. The van der Waals surface area contributed by atoms with E-state index in [-0.39, 0.29) is 13.0 Å². The van der Waals surface area contributed by atoms with Gasteiger partial charge in [-0.3, -0.25) is 9.59 Å². The Labute approximate surface area is 400 Å². The van der Waals surface area contributed by atoms with Crippen molar-refractivity contribution in [2.24, 2.45) is 5.73 Å². The number of carboxylic acids is 3. The van der Waals surface area contributed by atoms with Gasteiger partial charge < -0.3 is 107 Å². The van der Waals surface area contributed by atoms with E-state index in [0.717, 1.165) is 46.0 Å². The minimum absolute atomic E-state index is 0.0653. The van der Waals surface area contributed by atoms with E-state index in [2.05, 4.69) is 22.9 Å². The molecule has 0 spiro atoms. The number of carbonyl (C=O) groups excluding carboxylic acids is 2. The molecule has 2 saturated heterocycles. The molecule has 26 heteroatoms. The van der Waals surface area contributed by atoms with Crippen molar-refractivity contribution >= 4 is 29.7 Å². The third-order valence-corrected chi connectivity index (χ3v) is 12.1. The molecule has 16 unspecified atom stereocenters. The molecule has 16 atom stereocenters. The first kappa shape index (κ1) is 61.8. The molecule has 0 saturated carbocycles. The molecule has 2 amide bonds. The maximum atomic E-state index is 13.0. The lowest BCUT2D eigenvalue weighted by Gasteiger charge is -2.47.